The molecule has 106 valence electrons. The zero-order valence-electron chi connectivity index (χ0n) is 10.5. The highest BCUT2D eigenvalue weighted by Crippen LogP contribution is 2.17. The number of anilines is 1. The van der Waals surface area contributed by atoms with Crippen molar-refractivity contribution < 1.29 is 24.5 Å². The van der Waals surface area contributed by atoms with E-state index in [4.69, 9.17) is 15.3 Å². The molecule has 0 aromatic heterocycles. The van der Waals surface area contributed by atoms with E-state index in [9.17, 15) is 9.18 Å². The van der Waals surface area contributed by atoms with Crippen LogP contribution in [0.5, 0.6) is 0 Å². The summed E-state index contributed by atoms with van der Waals surface area (Å²) in [6.45, 7) is -0.386. The number of benzene rings is 1. The molecule has 0 aliphatic carbocycles. The monoisotopic (exact) mass is 272 g/mol. The SMILES string of the molecule is Cc1c(F)cccc1NC(=O)NC(CO)(CO)CO. The number of aliphatic hydroxyl groups is 3. The van der Waals surface area contributed by atoms with Crippen LogP contribution in [0.25, 0.3) is 0 Å². The Morgan fingerprint density at radius 2 is 1.84 bits per heavy atom. The van der Waals surface area contributed by atoms with E-state index in [0.29, 0.717) is 0 Å². The summed E-state index contributed by atoms with van der Waals surface area (Å²) in [5.41, 5.74) is -0.994. The molecule has 0 saturated heterocycles. The summed E-state index contributed by atoms with van der Waals surface area (Å²) < 4.78 is 13.3. The van der Waals surface area contributed by atoms with Gasteiger partial charge in [-0.3, -0.25) is 0 Å². The lowest BCUT2D eigenvalue weighted by atomic mass is 10.0. The number of aliphatic hydroxyl groups excluding tert-OH is 3. The van der Waals surface area contributed by atoms with Crippen molar-refractivity contribution in [3.05, 3.63) is 29.6 Å². The number of carbonyl (C=O) groups excluding carboxylic acids is 1. The van der Waals surface area contributed by atoms with E-state index < -0.39 is 37.2 Å². The highest BCUT2D eigenvalue weighted by molar-refractivity contribution is 5.90. The zero-order chi connectivity index (χ0) is 14.5. The second-order valence-electron chi connectivity index (χ2n) is 4.25. The molecule has 1 aromatic rings. The fourth-order valence-electron chi connectivity index (χ4n) is 1.41. The first-order valence-corrected chi connectivity index (χ1v) is 5.65. The van der Waals surface area contributed by atoms with Gasteiger partial charge in [-0.25, -0.2) is 9.18 Å². The predicted octanol–water partition coefficient (Wildman–Crippen LogP) is -0.0287. The maximum absolute atomic E-state index is 13.3. The third-order valence-corrected chi connectivity index (χ3v) is 2.80. The van der Waals surface area contributed by atoms with Gasteiger partial charge in [-0.2, -0.15) is 0 Å². The molecule has 19 heavy (non-hydrogen) atoms. The Balaban J connectivity index is 2.78. The molecule has 0 atom stereocenters. The van der Waals surface area contributed by atoms with Crippen LogP contribution in [0.2, 0.25) is 0 Å². The fraction of sp³-hybridized carbons (Fsp3) is 0.417. The largest absolute Gasteiger partial charge is 0.394 e. The molecule has 1 aromatic carbocycles. The molecule has 2 amide bonds. The lowest BCUT2D eigenvalue weighted by Crippen LogP contribution is -2.58. The zero-order valence-corrected chi connectivity index (χ0v) is 10.5. The highest BCUT2D eigenvalue weighted by Gasteiger charge is 2.30. The lowest BCUT2D eigenvalue weighted by molar-refractivity contribution is 0.0507. The molecule has 0 aliphatic heterocycles. The van der Waals surface area contributed by atoms with Crippen LogP contribution in [0.4, 0.5) is 14.9 Å². The summed E-state index contributed by atoms with van der Waals surface area (Å²) >= 11 is 0. The fourth-order valence-corrected chi connectivity index (χ4v) is 1.41. The summed E-state index contributed by atoms with van der Waals surface area (Å²) in [4.78, 5) is 11.7. The van der Waals surface area contributed by atoms with E-state index >= 15 is 0 Å². The van der Waals surface area contributed by atoms with Crippen LogP contribution in [-0.2, 0) is 0 Å². The van der Waals surface area contributed by atoms with Crippen molar-refractivity contribution in [3.63, 3.8) is 0 Å². The van der Waals surface area contributed by atoms with Gasteiger partial charge in [0.2, 0.25) is 0 Å². The maximum Gasteiger partial charge on any atom is 0.319 e. The first-order chi connectivity index (χ1) is 8.98. The third kappa shape index (κ3) is 3.63. The Labute approximate surface area is 109 Å². The van der Waals surface area contributed by atoms with Crippen molar-refractivity contribution in [2.45, 2.75) is 12.5 Å². The number of amides is 2. The lowest BCUT2D eigenvalue weighted by Gasteiger charge is -2.28. The van der Waals surface area contributed by atoms with Crippen LogP contribution in [0.1, 0.15) is 5.56 Å². The van der Waals surface area contributed by atoms with Crippen LogP contribution in [0.15, 0.2) is 18.2 Å². The molecule has 0 radical (unpaired) electrons. The minimum atomic E-state index is -1.52. The normalized spacial score (nSPS) is 11.2. The van der Waals surface area contributed by atoms with Crippen molar-refractivity contribution >= 4 is 11.7 Å². The molecule has 0 aliphatic rings. The summed E-state index contributed by atoms with van der Waals surface area (Å²) in [5.74, 6) is -0.462. The molecule has 0 spiro atoms. The maximum atomic E-state index is 13.3. The number of hydrogen-bond acceptors (Lipinski definition) is 4. The van der Waals surface area contributed by atoms with E-state index in [1.165, 1.54) is 25.1 Å². The Morgan fingerprint density at radius 3 is 2.37 bits per heavy atom. The number of rotatable bonds is 5. The van der Waals surface area contributed by atoms with Gasteiger partial charge in [-0.15, -0.1) is 0 Å². The molecule has 5 N–H and O–H groups in total. The van der Waals surface area contributed by atoms with Gasteiger partial charge in [-0.05, 0) is 19.1 Å². The van der Waals surface area contributed by atoms with Crippen molar-refractivity contribution in [2.24, 2.45) is 0 Å². The van der Waals surface area contributed by atoms with Crippen molar-refractivity contribution in [1.82, 2.24) is 5.32 Å². The number of nitrogens with one attached hydrogen (secondary N) is 2. The minimum absolute atomic E-state index is 0.264. The molecule has 0 saturated carbocycles. The number of halogens is 1. The summed E-state index contributed by atoms with van der Waals surface area (Å²) in [6.07, 6.45) is 0. The van der Waals surface area contributed by atoms with E-state index in [1.54, 1.807) is 0 Å². The average molecular weight is 272 g/mol. The minimum Gasteiger partial charge on any atom is -0.394 e. The van der Waals surface area contributed by atoms with Gasteiger partial charge in [0.1, 0.15) is 11.4 Å². The Bertz CT molecular complexity index is 441. The molecule has 7 heteroatoms. The molecular weight excluding hydrogens is 255 g/mol. The van der Waals surface area contributed by atoms with Gasteiger partial charge in [-0.1, -0.05) is 6.07 Å². The Morgan fingerprint density at radius 1 is 1.26 bits per heavy atom. The van der Waals surface area contributed by atoms with Crippen LogP contribution in [-0.4, -0.2) is 46.7 Å². The van der Waals surface area contributed by atoms with Crippen molar-refractivity contribution in [1.29, 1.82) is 0 Å². The van der Waals surface area contributed by atoms with Gasteiger partial charge in [0.25, 0.3) is 0 Å². The Hall–Kier alpha value is -1.70. The molecule has 1 rings (SSSR count). The van der Waals surface area contributed by atoms with Gasteiger partial charge >= 0.3 is 6.03 Å². The first-order valence-electron chi connectivity index (χ1n) is 5.65. The average Bonchev–Trinajstić information content (AvgIpc) is 2.41. The smallest absolute Gasteiger partial charge is 0.319 e. The standard InChI is InChI=1S/C12H17FN2O4/c1-8-9(13)3-2-4-10(8)14-11(19)15-12(5-16,6-17)7-18/h2-4,16-18H,5-7H2,1H3,(H2,14,15,19). The van der Waals surface area contributed by atoms with Crippen LogP contribution in [0, 0.1) is 12.7 Å². The van der Waals surface area contributed by atoms with E-state index in [0.717, 1.165) is 0 Å². The molecule has 0 bridgehead atoms. The molecule has 6 nitrogen and oxygen atoms in total. The van der Waals surface area contributed by atoms with E-state index in [2.05, 4.69) is 10.6 Å². The van der Waals surface area contributed by atoms with Gasteiger partial charge in [0.05, 0.1) is 19.8 Å². The molecule has 0 heterocycles. The second-order valence-corrected chi connectivity index (χ2v) is 4.25. The first kappa shape index (κ1) is 15.4. The van der Waals surface area contributed by atoms with Gasteiger partial charge in [0.15, 0.2) is 0 Å². The molecule has 0 fully saturated rings. The van der Waals surface area contributed by atoms with Gasteiger partial charge < -0.3 is 26.0 Å². The third-order valence-electron chi connectivity index (χ3n) is 2.80. The quantitative estimate of drug-likeness (QED) is 0.519. The number of carbonyl (C=O) groups is 1. The Kier molecular flexibility index (Phi) is 5.22. The van der Waals surface area contributed by atoms with Crippen LogP contribution < -0.4 is 10.6 Å². The van der Waals surface area contributed by atoms with Gasteiger partial charge in [0, 0.05) is 11.3 Å². The second kappa shape index (κ2) is 6.46. The van der Waals surface area contributed by atoms with Crippen LogP contribution >= 0.6 is 0 Å². The van der Waals surface area contributed by atoms with Crippen molar-refractivity contribution in [3.8, 4) is 0 Å². The summed E-state index contributed by atoms with van der Waals surface area (Å²) in [7, 11) is 0. The highest BCUT2D eigenvalue weighted by atomic mass is 19.1. The predicted molar refractivity (Wildman–Crippen MR) is 67.3 cm³/mol. The van der Waals surface area contributed by atoms with Crippen LogP contribution in [0.3, 0.4) is 0 Å². The summed E-state index contributed by atoms with van der Waals surface area (Å²) in [5, 5.41) is 31.8. The topological polar surface area (TPSA) is 102 Å². The number of hydrogen-bond donors (Lipinski definition) is 5. The van der Waals surface area contributed by atoms with E-state index in [1.807, 2.05) is 0 Å². The van der Waals surface area contributed by atoms with E-state index in [-0.39, 0.29) is 11.3 Å². The molecular formula is C12H17FN2O4. The van der Waals surface area contributed by atoms with Crippen molar-refractivity contribution in [2.75, 3.05) is 25.1 Å². The molecule has 0 unspecified atom stereocenters. The number of urea groups is 1. The summed E-state index contributed by atoms with van der Waals surface area (Å²) in [6, 6.07) is 3.45.